The number of anilines is 1. The lowest BCUT2D eigenvalue weighted by Gasteiger charge is -2.38. The molecular formula is C16H25NO. The topological polar surface area (TPSA) is 23.5 Å². The molecule has 1 heterocycles. The molecule has 2 heteroatoms. The van der Waals surface area contributed by atoms with E-state index in [0.717, 1.165) is 25.1 Å². The molecule has 0 amide bonds. The van der Waals surface area contributed by atoms with E-state index in [9.17, 15) is 5.11 Å². The summed E-state index contributed by atoms with van der Waals surface area (Å²) in [6, 6.07) is 8.41. The third-order valence-corrected chi connectivity index (χ3v) is 4.15. The maximum atomic E-state index is 9.79. The SMILES string of the molecule is CCC(O)c1ccc(N2CCC(C)(C)CC2)cc1. The zero-order valence-corrected chi connectivity index (χ0v) is 11.8. The van der Waals surface area contributed by atoms with Crippen molar-refractivity contribution in [1.82, 2.24) is 0 Å². The van der Waals surface area contributed by atoms with Crippen LogP contribution in [0.2, 0.25) is 0 Å². The molecule has 1 atom stereocenters. The molecule has 0 aliphatic carbocycles. The van der Waals surface area contributed by atoms with Crippen molar-refractivity contribution in [2.45, 2.75) is 46.1 Å². The molecule has 18 heavy (non-hydrogen) atoms. The molecule has 1 saturated heterocycles. The van der Waals surface area contributed by atoms with Gasteiger partial charge in [0.05, 0.1) is 6.10 Å². The number of aliphatic hydroxyl groups excluding tert-OH is 1. The first-order valence-electron chi connectivity index (χ1n) is 7.05. The van der Waals surface area contributed by atoms with E-state index in [-0.39, 0.29) is 6.10 Å². The normalized spacial score (nSPS) is 20.8. The summed E-state index contributed by atoms with van der Waals surface area (Å²) >= 11 is 0. The number of aliphatic hydroxyl groups is 1. The first-order chi connectivity index (χ1) is 8.52. The summed E-state index contributed by atoms with van der Waals surface area (Å²) in [6.45, 7) is 8.99. The maximum Gasteiger partial charge on any atom is 0.0787 e. The van der Waals surface area contributed by atoms with Gasteiger partial charge >= 0.3 is 0 Å². The van der Waals surface area contributed by atoms with Gasteiger partial charge in [-0.2, -0.15) is 0 Å². The highest BCUT2D eigenvalue weighted by Crippen LogP contribution is 2.32. The minimum Gasteiger partial charge on any atom is -0.388 e. The van der Waals surface area contributed by atoms with Crippen LogP contribution in [0, 0.1) is 5.41 Å². The fourth-order valence-electron chi connectivity index (χ4n) is 2.51. The highest BCUT2D eigenvalue weighted by atomic mass is 16.3. The van der Waals surface area contributed by atoms with Crippen LogP contribution in [-0.2, 0) is 0 Å². The molecule has 100 valence electrons. The van der Waals surface area contributed by atoms with Crippen molar-refractivity contribution in [2.75, 3.05) is 18.0 Å². The summed E-state index contributed by atoms with van der Waals surface area (Å²) in [5.74, 6) is 0. The van der Waals surface area contributed by atoms with Crippen LogP contribution < -0.4 is 4.90 Å². The standard InChI is InChI=1S/C16H25NO/c1-4-15(18)13-5-7-14(8-6-13)17-11-9-16(2,3)10-12-17/h5-8,15,18H,4,9-12H2,1-3H3. The lowest BCUT2D eigenvalue weighted by Crippen LogP contribution is -2.37. The van der Waals surface area contributed by atoms with E-state index in [1.807, 2.05) is 6.92 Å². The molecular weight excluding hydrogens is 222 g/mol. The molecule has 1 aromatic rings. The number of benzene rings is 1. The fourth-order valence-corrected chi connectivity index (χ4v) is 2.51. The molecule has 0 radical (unpaired) electrons. The van der Waals surface area contributed by atoms with Crippen molar-refractivity contribution in [3.8, 4) is 0 Å². The second-order valence-electron chi connectivity index (χ2n) is 6.17. The van der Waals surface area contributed by atoms with Crippen LogP contribution in [0.4, 0.5) is 5.69 Å². The zero-order chi connectivity index (χ0) is 13.2. The molecule has 1 fully saturated rings. The molecule has 0 bridgehead atoms. The number of rotatable bonds is 3. The first kappa shape index (κ1) is 13.4. The summed E-state index contributed by atoms with van der Waals surface area (Å²) in [5, 5.41) is 9.79. The maximum absolute atomic E-state index is 9.79. The Morgan fingerprint density at radius 2 is 1.72 bits per heavy atom. The van der Waals surface area contributed by atoms with Crippen molar-refractivity contribution < 1.29 is 5.11 Å². The quantitative estimate of drug-likeness (QED) is 0.879. The molecule has 0 saturated carbocycles. The van der Waals surface area contributed by atoms with E-state index in [4.69, 9.17) is 0 Å². The third-order valence-electron chi connectivity index (χ3n) is 4.15. The van der Waals surface area contributed by atoms with Gasteiger partial charge in [0.2, 0.25) is 0 Å². The average molecular weight is 247 g/mol. The minimum absolute atomic E-state index is 0.320. The van der Waals surface area contributed by atoms with Crippen LogP contribution in [0.1, 0.15) is 51.7 Å². The molecule has 2 nitrogen and oxygen atoms in total. The molecule has 0 aromatic heterocycles. The van der Waals surface area contributed by atoms with Crippen molar-refractivity contribution in [1.29, 1.82) is 0 Å². The van der Waals surface area contributed by atoms with Crippen molar-refractivity contribution in [3.05, 3.63) is 29.8 Å². The summed E-state index contributed by atoms with van der Waals surface area (Å²) in [4.78, 5) is 2.45. The van der Waals surface area contributed by atoms with E-state index in [1.54, 1.807) is 0 Å². The van der Waals surface area contributed by atoms with Gasteiger partial charge in [0.1, 0.15) is 0 Å². The van der Waals surface area contributed by atoms with Gasteiger partial charge < -0.3 is 10.0 Å². The van der Waals surface area contributed by atoms with Crippen LogP contribution in [0.25, 0.3) is 0 Å². The van der Waals surface area contributed by atoms with Crippen LogP contribution in [0.15, 0.2) is 24.3 Å². The largest absolute Gasteiger partial charge is 0.388 e. The predicted octanol–water partition coefficient (Wildman–Crippen LogP) is 3.76. The summed E-state index contributed by atoms with van der Waals surface area (Å²) < 4.78 is 0. The molecule has 1 aliphatic rings. The Hall–Kier alpha value is -1.02. The Bertz CT molecular complexity index is 373. The monoisotopic (exact) mass is 247 g/mol. The lowest BCUT2D eigenvalue weighted by molar-refractivity contribution is 0.173. The van der Waals surface area contributed by atoms with Crippen molar-refractivity contribution >= 4 is 5.69 Å². The second kappa shape index (κ2) is 5.31. The number of piperidine rings is 1. The first-order valence-corrected chi connectivity index (χ1v) is 7.05. The van der Waals surface area contributed by atoms with E-state index >= 15 is 0 Å². The van der Waals surface area contributed by atoms with Crippen LogP contribution in [-0.4, -0.2) is 18.2 Å². The van der Waals surface area contributed by atoms with Gasteiger partial charge in [0.25, 0.3) is 0 Å². The number of hydrogen-bond acceptors (Lipinski definition) is 2. The Balaban J connectivity index is 2.02. The molecule has 1 N–H and O–H groups in total. The summed E-state index contributed by atoms with van der Waals surface area (Å²) in [7, 11) is 0. The van der Waals surface area contributed by atoms with E-state index < -0.39 is 0 Å². The van der Waals surface area contributed by atoms with Gasteiger partial charge in [0, 0.05) is 18.8 Å². The number of hydrogen-bond donors (Lipinski definition) is 1. The van der Waals surface area contributed by atoms with Gasteiger partial charge in [-0.05, 0) is 42.4 Å². The molecule has 2 rings (SSSR count). The van der Waals surface area contributed by atoms with Gasteiger partial charge in [0.15, 0.2) is 0 Å². The molecule has 1 unspecified atom stereocenters. The van der Waals surface area contributed by atoms with Gasteiger partial charge in [-0.15, -0.1) is 0 Å². The van der Waals surface area contributed by atoms with Crippen molar-refractivity contribution in [3.63, 3.8) is 0 Å². The Morgan fingerprint density at radius 1 is 1.17 bits per heavy atom. The van der Waals surface area contributed by atoms with Gasteiger partial charge in [-0.1, -0.05) is 32.9 Å². The van der Waals surface area contributed by atoms with E-state index in [1.165, 1.54) is 18.5 Å². The lowest BCUT2D eigenvalue weighted by atomic mass is 9.82. The molecule has 0 spiro atoms. The Labute approximate surface area is 111 Å². The minimum atomic E-state index is -0.320. The third kappa shape index (κ3) is 3.05. The Kier molecular flexibility index (Phi) is 3.96. The van der Waals surface area contributed by atoms with Gasteiger partial charge in [-0.25, -0.2) is 0 Å². The highest BCUT2D eigenvalue weighted by Gasteiger charge is 2.25. The number of nitrogens with zero attached hydrogens (tertiary/aromatic N) is 1. The van der Waals surface area contributed by atoms with Crippen LogP contribution in [0.5, 0.6) is 0 Å². The van der Waals surface area contributed by atoms with Crippen LogP contribution in [0.3, 0.4) is 0 Å². The van der Waals surface area contributed by atoms with Crippen molar-refractivity contribution in [2.24, 2.45) is 5.41 Å². The Morgan fingerprint density at radius 3 is 2.22 bits per heavy atom. The predicted molar refractivity (Wildman–Crippen MR) is 76.9 cm³/mol. The van der Waals surface area contributed by atoms with Gasteiger partial charge in [-0.3, -0.25) is 0 Å². The van der Waals surface area contributed by atoms with Crippen LogP contribution >= 0.6 is 0 Å². The smallest absolute Gasteiger partial charge is 0.0787 e. The summed E-state index contributed by atoms with van der Waals surface area (Å²) in [5.41, 5.74) is 2.81. The average Bonchev–Trinajstić information content (AvgIpc) is 2.38. The molecule has 1 aromatic carbocycles. The van der Waals surface area contributed by atoms with E-state index in [0.29, 0.717) is 5.41 Å². The zero-order valence-electron chi connectivity index (χ0n) is 11.8. The fraction of sp³-hybridized carbons (Fsp3) is 0.625. The highest BCUT2D eigenvalue weighted by molar-refractivity contribution is 5.48. The van der Waals surface area contributed by atoms with E-state index in [2.05, 4.69) is 43.0 Å². The second-order valence-corrected chi connectivity index (χ2v) is 6.17. The summed E-state index contributed by atoms with van der Waals surface area (Å²) in [6.07, 6.45) is 2.97. The molecule has 1 aliphatic heterocycles.